The van der Waals surface area contributed by atoms with E-state index in [9.17, 15) is 0 Å². The molecule has 0 saturated carbocycles. The molecular formula is C5H4O. The van der Waals surface area contributed by atoms with Crippen LogP contribution in [0, 0.1) is 0 Å². The highest BCUT2D eigenvalue weighted by Gasteiger charge is 2.20. The van der Waals surface area contributed by atoms with Crippen molar-refractivity contribution in [2.45, 2.75) is 6.10 Å². The van der Waals surface area contributed by atoms with Crippen LogP contribution in [0.15, 0.2) is 24.0 Å². The standard InChI is InChI=1S/C5H4O/c1-2-5-3-4(1)6-5/h1-4H. The first-order chi connectivity index (χ1) is 2.95. The maximum absolute atomic E-state index is 5.00. The molecule has 1 aliphatic carbocycles. The Kier molecular flexibility index (Phi) is 0.219. The molecule has 0 aromatic rings. The summed E-state index contributed by atoms with van der Waals surface area (Å²) in [6.07, 6.45) is 6.46. The molecule has 2 bridgehead atoms. The topological polar surface area (TPSA) is 9.23 Å². The summed E-state index contributed by atoms with van der Waals surface area (Å²) in [6.45, 7) is 0. The van der Waals surface area contributed by atoms with Crippen LogP contribution in [0.3, 0.4) is 0 Å². The van der Waals surface area contributed by atoms with Crippen molar-refractivity contribution in [3.05, 3.63) is 24.0 Å². The summed E-state index contributed by atoms with van der Waals surface area (Å²) < 4.78 is 5.00. The van der Waals surface area contributed by atoms with Crippen molar-refractivity contribution < 1.29 is 4.74 Å². The molecule has 0 radical (unpaired) electrons. The van der Waals surface area contributed by atoms with E-state index in [1.807, 2.05) is 12.2 Å². The van der Waals surface area contributed by atoms with Gasteiger partial charge in [-0.2, -0.15) is 0 Å². The molecule has 1 atom stereocenters. The summed E-state index contributed by atoms with van der Waals surface area (Å²) in [5.74, 6) is 1.04. The molecule has 2 heterocycles. The first-order valence-electron chi connectivity index (χ1n) is 2.02. The zero-order chi connectivity index (χ0) is 3.98. The second-order valence-electron chi connectivity index (χ2n) is 1.51. The molecule has 0 aromatic carbocycles. The second-order valence-corrected chi connectivity index (χ2v) is 1.51. The summed E-state index contributed by atoms with van der Waals surface area (Å²) in [4.78, 5) is 0. The predicted molar refractivity (Wildman–Crippen MR) is 22.1 cm³/mol. The summed E-state index contributed by atoms with van der Waals surface area (Å²) >= 11 is 0. The predicted octanol–water partition coefficient (Wildman–Crippen LogP) is 0.839. The van der Waals surface area contributed by atoms with Gasteiger partial charge < -0.3 is 4.74 Å². The van der Waals surface area contributed by atoms with Gasteiger partial charge in [0.05, 0.1) is 0 Å². The third-order valence-electron chi connectivity index (χ3n) is 1.05. The molecular weight excluding hydrogens is 76.1 g/mol. The Morgan fingerprint density at radius 2 is 2.50 bits per heavy atom. The van der Waals surface area contributed by atoms with Gasteiger partial charge in [-0.3, -0.25) is 0 Å². The van der Waals surface area contributed by atoms with Gasteiger partial charge in [-0.05, 0) is 12.2 Å². The Hall–Kier alpha value is -0.720. The van der Waals surface area contributed by atoms with Crippen molar-refractivity contribution in [1.29, 1.82) is 0 Å². The lowest BCUT2D eigenvalue weighted by Crippen LogP contribution is -2.08. The quantitative estimate of drug-likeness (QED) is 0.419. The van der Waals surface area contributed by atoms with E-state index in [0.717, 1.165) is 5.76 Å². The molecule has 0 aromatic heterocycles. The van der Waals surface area contributed by atoms with Crippen LogP contribution >= 0.6 is 0 Å². The van der Waals surface area contributed by atoms with E-state index in [2.05, 4.69) is 6.08 Å². The van der Waals surface area contributed by atoms with Crippen molar-refractivity contribution in [3.8, 4) is 0 Å². The summed E-state index contributed by atoms with van der Waals surface area (Å²) in [7, 11) is 0. The number of hydrogen-bond donors (Lipinski definition) is 0. The van der Waals surface area contributed by atoms with Gasteiger partial charge in [-0.25, -0.2) is 0 Å². The van der Waals surface area contributed by atoms with Crippen molar-refractivity contribution in [1.82, 2.24) is 0 Å². The van der Waals surface area contributed by atoms with Gasteiger partial charge in [0.1, 0.15) is 11.9 Å². The molecule has 0 spiro atoms. The normalized spacial score (nSPS) is 34.7. The van der Waals surface area contributed by atoms with Gasteiger partial charge in [-0.15, -0.1) is 0 Å². The van der Waals surface area contributed by atoms with Crippen LogP contribution in [0.25, 0.3) is 0 Å². The van der Waals surface area contributed by atoms with E-state index < -0.39 is 0 Å². The van der Waals surface area contributed by atoms with E-state index in [1.54, 1.807) is 0 Å². The number of ether oxygens (including phenoxy) is 1. The Labute approximate surface area is 35.9 Å². The molecule has 3 rings (SSSR count). The molecule has 1 unspecified atom stereocenters. The second kappa shape index (κ2) is 0.535. The van der Waals surface area contributed by atoms with Gasteiger partial charge in [0.15, 0.2) is 0 Å². The Morgan fingerprint density at radius 1 is 1.67 bits per heavy atom. The van der Waals surface area contributed by atoms with E-state index in [4.69, 9.17) is 4.74 Å². The van der Waals surface area contributed by atoms with Gasteiger partial charge in [0, 0.05) is 6.08 Å². The van der Waals surface area contributed by atoms with Crippen LogP contribution < -0.4 is 0 Å². The third kappa shape index (κ3) is 0.113. The average molecular weight is 80.1 g/mol. The number of allylic oxidation sites excluding steroid dienone is 1. The van der Waals surface area contributed by atoms with Crippen molar-refractivity contribution in [2.75, 3.05) is 0 Å². The SMILES string of the molecule is C1=CC2C=C1O2. The summed E-state index contributed by atoms with van der Waals surface area (Å²) in [5.41, 5.74) is 0. The zero-order valence-electron chi connectivity index (χ0n) is 3.22. The van der Waals surface area contributed by atoms with Crippen LogP contribution in [0.5, 0.6) is 0 Å². The number of hydrogen-bond acceptors (Lipinski definition) is 1. The molecule has 1 heteroatoms. The van der Waals surface area contributed by atoms with Crippen molar-refractivity contribution >= 4 is 0 Å². The monoisotopic (exact) mass is 80.0 g/mol. The fraction of sp³-hybridized carbons (Fsp3) is 0.200. The zero-order valence-corrected chi connectivity index (χ0v) is 3.22. The van der Waals surface area contributed by atoms with Crippen LogP contribution in [0.4, 0.5) is 0 Å². The molecule has 1 nitrogen and oxygen atoms in total. The van der Waals surface area contributed by atoms with Gasteiger partial charge >= 0.3 is 0 Å². The highest BCUT2D eigenvalue weighted by atomic mass is 16.5. The van der Waals surface area contributed by atoms with Gasteiger partial charge in [0.25, 0.3) is 0 Å². The molecule has 0 N–H and O–H groups in total. The van der Waals surface area contributed by atoms with E-state index in [1.165, 1.54) is 0 Å². The van der Waals surface area contributed by atoms with Crippen LogP contribution in [-0.4, -0.2) is 6.10 Å². The van der Waals surface area contributed by atoms with Crippen molar-refractivity contribution in [3.63, 3.8) is 0 Å². The lowest BCUT2D eigenvalue weighted by molar-refractivity contribution is 0.170. The highest BCUT2D eigenvalue weighted by molar-refractivity contribution is 5.33. The average Bonchev–Trinajstić information content (AvgIpc) is 1.72. The van der Waals surface area contributed by atoms with Gasteiger partial charge in [0.2, 0.25) is 0 Å². The summed E-state index contributed by atoms with van der Waals surface area (Å²) in [6, 6.07) is 0. The molecule has 0 fully saturated rings. The fourth-order valence-electron chi connectivity index (χ4n) is 0.699. The Morgan fingerprint density at radius 3 is 2.67 bits per heavy atom. The van der Waals surface area contributed by atoms with Gasteiger partial charge in [-0.1, -0.05) is 0 Å². The summed E-state index contributed by atoms with van der Waals surface area (Å²) in [5, 5.41) is 0. The smallest absolute Gasteiger partial charge is 0.139 e. The molecule has 30 valence electrons. The highest BCUT2D eigenvalue weighted by Crippen LogP contribution is 2.26. The maximum Gasteiger partial charge on any atom is 0.139 e. The van der Waals surface area contributed by atoms with Crippen LogP contribution in [0.2, 0.25) is 0 Å². The van der Waals surface area contributed by atoms with E-state index in [-0.39, 0.29) is 0 Å². The lowest BCUT2D eigenvalue weighted by Gasteiger charge is -2.13. The lowest BCUT2D eigenvalue weighted by atomic mass is 10.3. The first-order valence-corrected chi connectivity index (χ1v) is 2.02. The minimum absolute atomic E-state index is 0.347. The minimum atomic E-state index is 0.347. The van der Waals surface area contributed by atoms with E-state index in [0.29, 0.717) is 6.10 Å². The molecule has 0 saturated heterocycles. The molecule has 0 amide bonds. The maximum atomic E-state index is 5.00. The van der Waals surface area contributed by atoms with E-state index >= 15 is 0 Å². The minimum Gasteiger partial charge on any atom is -0.482 e. The third-order valence-corrected chi connectivity index (χ3v) is 1.05. The van der Waals surface area contributed by atoms with Crippen molar-refractivity contribution in [2.24, 2.45) is 0 Å². The first kappa shape index (κ1) is 2.45. The molecule has 6 heavy (non-hydrogen) atoms. The molecule has 3 aliphatic rings. The Bertz CT molecular complexity index is 130. The van der Waals surface area contributed by atoms with Crippen LogP contribution in [-0.2, 0) is 4.74 Å². The molecule has 2 aliphatic heterocycles. The fourth-order valence-corrected chi connectivity index (χ4v) is 0.699. The largest absolute Gasteiger partial charge is 0.482 e. The van der Waals surface area contributed by atoms with Crippen LogP contribution in [0.1, 0.15) is 0 Å². The number of rotatable bonds is 0. The Balaban J connectivity index is 2.57.